The molecule has 9 heteroatoms. The lowest BCUT2D eigenvalue weighted by molar-refractivity contribution is 0.0448. The molecule has 9 nitrogen and oxygen atoms in total. The first-order valence-electron chi connectivity index (χ1n) is 9.87. The summed E-state index contributed by atoms with van der Waals surface area (Å²) in [6.07, 6.45) is 5.85. The third kappa shape index (κ3) is 3.06. The Balaban J connectivity index is 1.25. The van der Waals surface area contributed by atoms with Crippen molar-refractivity contribution in [1.82, 2.24) is 29.8 Å². The maximum absolute atomic E-state index is 12.8. The van der Waals surface area contributed by atoms with Gasteiger partial charge in [-0.2, -0.15) is 5.10 Å². The molecule has 1 saturated heterocycles. The van der Waals surface area contributed by atoms with Crippen LogP contribution >= 0.6 is 0 Å². The molecule has 0 spiro atoms. The van der Waals surface area contributed by atoms with Crippen molar-refractivity contribution in [1.29, 1.82) is 0 Å². The molecule has 3 aromatic heterocycles. The fourth-order valence-corrected chi connectivity index (χ4v) is 3.80. The van der Waals surface area contributed by atoms with Crippen molar-refractivity contribution in [2.75, 3.05) is 13.1 Å². The molecule has 4 heterocycles. The van der Waals surface area contributed by atoms with E-state index in [1.54, 1.807) is 15.6 Å². The molecule has 0 radical (unpaired) electrons. The number of nitrogens with one attached hydrogen (secondary N) is 1. The number of rotatable bonds is 5. The van der Waals surface area contributed by atoms with Gasteiger partial charge in [0.1, 0.15) is 5.76 Å². The molecular weight excluding hydrogens is 372 g/mol. The highest BCUT2D eigenvalue weighted by Crippen LogP contribution is 2.42. The number of carbonyl (C=O) groups excluding carboxylic acids is 2. The van der Waals surface area contributed by atoms with Gasteiger partial charge in [-0.25, -0.2) is 14.5 Å². The second kappa shape index (κ2) is 6.68. The molecule has 150 valence electrons. The van der Waals surface area contributed by atoms with Crippen LogP contribution in [0.5, 0.6) is 0 Å². The number of fused-ring (bicyclic) bond motifs is 1. The number of hydrogen-bond donors (Lipinski definition) is 1. The van der Waals surface area contributed by atoms with Gasteiger partial charge in [-0.05, 0) is 33.1 Å². The van der Waals surface area contributed by atoms with E-state index in [0.29, 0.717) is 41.7 Å². The van der Waals surface area contributed by atoms with Crippen molar-refractivity contribution in [3.05, 3.63) is 47.1 Å². The molecule has 0 aromatic carbocycles. The van der Waals surface area contributed by atoms with E-state index in [9.17, 15) is 9.59 Å². The van der Waals surface area contributed by atoms with Gasteiger partial charge in [0.25, 0.3) is 11.8 Å². The molecule has 1 aliphatic heterocycles. The second-order valence-corrected chi connectivity index (χ2v) is 7.80. The zero-order valence-electron chi connectivity index (χ0n) is 16.4. The highest BCUT2D eigenvalue weighted by molar-refractivity contribution is 5.96. The number of oxazole rings is 1. The largest absolute Gasteiger partial charge is 0.447 e. The maximum Gasteiger partial charge on any atom is 0.276 e. The van der Waals surface area contributed by atoms with Gasteiger partial charge < -0.3 is 14.6 Å². The Kier molecular flexibility index (Phi) is 4.11. The first-order valence-corrected chi connectivity index (χ1v) is 9.87. The van der Waals surface area contributed by atoms with Gasteiger partial charge in [0.2, 0.25) is 0 Å². The number of hydrogen-bond acceptors (Lipinski definition) is 6. The predicted molar refractivity (Wildman–Crippen MR) is 103 cm³/mol. The third-order valence-corrected chi connectivity index (χ3v) is 5.74. The van der Waals surface area contributed by atoms with Crippen molar-refractivity contribution in [3.63, 3.8) is 0 Å². The number of carbonyl (C=O) groups is 2. The lowest BCUT2D eigenvalue weighted by Gasteiger charge is -2.40. The van der Waals surface area contributed by atoms with E-state index in [-0.39, 0.29) is 17.9 Å². The summed E-state index contributed by atoms with van der Waals surface area (Å²) in [6, 6.07) is 1.82. The van der Waals surface area contributed by atoms with Crippen LogP contribution in [0.2, 0.25) is 0 Å². The van der Waals surface area contributed by atoms with Gasteiger partial charge >= 0.3 is 0 Å². The molecule has 5 rings (SSSR count). The minimum atomic E-state index is -0.218. The van der Waals surface area contributed by atoms with Crippen LogP contribution in [0.4, 0.5) is 0 Å². The number of aromatic nitrogens is 4. The van der Waals surface area contributed by atoms with Crippen LogP contribution in [-0.4, -0.2) is 55.4 Å². The Morgan fingerprint density at radius 2 is 2.07 bits per heavy atom. The highest BCUT2D eigenvalue weighted by Gasteiger charge is 2.38. The summed E-state index contributed by atoms with van der Waals surface area (Å²) in [5.41, 5.74) is 3.19. The molecule has 1 atom stereocenters. The molecular formula is C20H22N6O3. The average molecular weight is 394 g/mol. The second-order valence-electron chi connectivity index (χ2n) is 7.80. The van der Waals surface area contributed by atoms with E-state index in [4.69, 9.17) is 4.42 Å². The normalized spacial score (nSPS) is 18.7. The van der Waals surface area contributed by atoms with Gasteiger partial charge in [0.15, 0.2) is 17.7 Å². The fourth-order valence-electron chi connectivity index (χ4n) is 3.80. The van der Waals surface area contributed by atoms with Crippen LogP contribution in [0.25, 0.3) is 5.65 Å². The van der Waals surface area contributed by atoms with E-state index in [2.05, 4.69) is 20.4 Å². The Hall–Kier alpha value is -3.23. The monoisotopic (exact) mass is 394 g/mol. The summed E-state index contributed by atoms with van der Waals surface area (Å²) in [7, 11) is 0. The van der Waals surface area contributed by atoms with Crippen molar-refractivity contribution < 1.29 is 14.0 Å². The van der Waals surface area contributed by atoms with Crippen LogP contribution < -0.4 is 5.32 Å². The van der Waals surface area contributed by atoms with Gasteiger partial charge in [-0.3, -0.25) is 9.59 Å². The molecule has 0 bridgehead atoms. The average Bonchev–Trinajstić information content (AvgIpc) is 3.25. The number of amides is 2. The molecule has 29 heavy (non-hydrogen) atoms. The quantitative estimate of drug-likeness (QED) is 0.708. The summed E-state index contributed by atoms with van der Waals surface area (Å²) in [4.78, 5) is 35.7. The molecule has 1 aliphatic carbocycles. The first kappa shape index (κ1) is 17.8. The van der Waals surface area contributed by atoms with Gasteiger partial charge in [-0.15, -0.1) is 0 Å². The van der Waals surface area contributed by atoms with E-state index < -0.39 is 0 Å². The van der Waals surface area contributed by atoms with E-state index in [1.165, 1.54) is 6.39 Å². The molecule has 2 amide bonds. The first-order chi connectivity index (χ1) is 14.0. The standard InChI is InChI=1S/C20H22N6O3/c1-11-7-16-21-9-15(12(2)26(16)24-11)19(27)22-8-14-5-6-25(14)20(28)17-18(13-3-4-13)29-10-23-17/h7,9-10,13-14H,3-6,8H2,1-2H3,(H,22,27). The van der Waals surface area contributed by atoms with E-state index >= 15 is 0 Å². The molecule has 3 aromatic rings. The number of aryl methyl sites for hydroxylation is 2. The number of likely N-dealkylation sites (tertiary alicyclic amines) is 1. The Labute approximate surface area is 167 Å². The van der Waals surface area contributed by atoms with Gasteiger partial charge in [0, 0.05) is 31.3 Å². The Bertz CT molecular complexity index is 1110. The number of nitrogens with zero attached hydrogens (tertiary/aromatic N) is 5. The fraction of sp³-hybridized carbons (Fsp3) is 0.450. The smallest absolute Gasteiger partial charge is 0.276 e. The molecule has 1 unspecified atom stereocenters. The van der Waals surface area contributed by atoms with Crippen LogP contribution in [-0.2, 0) is 0 Å². The Morgan fingerprint density at radius 1 is 1.24 bits per heavy atom. The lowest BCUT2D eigenvalue weighted by Crippen LogP contribution is -2.56. The molecule has 2 fully saturated rings. The van der Waals surface area contributed by atoms with Crippen LogP contribution in [0.1, 0.15) is 63.2 Å². The SMILES string of the molecule is Cc1cc2ncc(C(=O)NCC3CCN3C(=O)c3ncoc3C3CC3)c(C)n2n1. The minimum absolute atomic E-state index is 0.0425. The molecule has 1 saturated carbocycles. The van der Waals surface area contributed by atoms with Crippen LogP contribution in [0.3, 0.4) is 0 Å². The molecule has 2 aliphatic rings. The highest BCUT2D eigenvalue weighted by atomic mass is 16.3. The van der Waals surface area contributed by atoms with Gasteiger partial charge in [-0.1, -0.05) is 0 Å². The van der Waals surface area contributed by atoms with Crippen molar-refractivity contribution >= 4 is 17.5 Å². The van der Waals surface area contributed by atoms with Crippen molar-refractivity contribution in [3.8, 4) is 0 Å². The van der Waals surface area contributed by atoms with Gasteiger partial charge in [0.05, 0.1) is 23.0 Å². The zero-order valence-corrected chi connectivity index (χ0v) is 16.4. The zero-order chi connectivity index (χ0) is 20.1. The third-order valence-electron chi connectivity index (χ3n) is 5.74. The predicted octanol–water partition coefficient (Wildman–Crippen LogP) is 1.86. The lowest BCUT2D eigenvalue weighted by atomic mass is 10.0. The van der Waals surface area contributed by atoms with Crippen LogP contribution in [0.15, 0.2) is 23.1 Å². The topological polar surface area (TPSA) is 106 Å². The Morgan fingerprint density at radius 3 is 2.79 bits per heavy atom. The summed E-state index contributed by atoms with van der Waals surface area (Å²) < 4.78 is 7.10. The summed E-state index contributed by atoms with van der Waals surface area (Å²) in [5, 5.41) is 7.31. The maximum atomic E-state index is 12.8. The van der Waals surface area contributed by atoms with Crippen molar-refractivity contribution in [2.45, 2.75) is 45.1 Å². The van der Waals surface area contributed by atoms with Crippen molar-refractivity contribution in [2.24, 2.45) is 0 Å². The van der Waals surface area contributed by atoms with Crippen LogP contribution in [0, 0.1) is 13.8 Å². The van der Waals surface area contributed by atoms with E-state index in [1.807, 2.05) is 19.9 Å². The summed E-state index contributed by atoms with van der Waals surface area (Å²) in [5.74, 6) is 0.697. The molecule has 1 N–H and O–H groups in total. The summed E-state index contributed by atoms with van der Waals surface area (Å²) >= 11 is 0. The summed E-state index contributed by atoms with van der Waals surface area (Å²) in [6.45, 7) is 4.78. The van der Waals surface area contributed by atoms with E-state index in [0.717, 1.165) is 30.7 Å². The minimum Gasteiger partial charge on any atom is -0.447 e.